The Labute approximate surface area is 309 Å². The molecule has 3 N–H and O–H groups in total. The summed E-state index contributed by atoms with van der Waals surface area (Å²) in [5.41, 5.74) is 1.89. The number of benzene rings is 3. The van der Waals surface area contributed by atoms with E-state index in [2.05, 4.69) is 10.3 Å². The Morgan fingerprint density at radius 1 is 0.889 bits per heavy atom. The number of hydrogen-bond donors (Lipinski definition) is 3. The molecule has 0 fully saturated rings. The average Bonchev–Trinajstić information content (AvgIpc) is 3.07. The second-order valence-corrected chi connectivity index (χ2v) is 13.1. The standard InChI is InChI=1S/C37H36F3N3O6.H2O4S/c1-22(2)48-36(47)26-13-17-28(18-14-26)49-32(44)8-6-7-24-10-20-31(30(21-24)35(46)43(4)5)42-34(45)29-19-9-23(3)41-33(29)25-11-15-27(16-12-25)37(38,39)40;1-5(2,3)4/h9-22H,6-8H2,1-5H3,(H,42,45);(H2,1,2,3,4). The lowest BCUT2D eigenvalue weighted by atomic mass is 10.0. The van der Waals surface area contributed by atoms with E-state index in [0.717, 1.165) is 17.7 Å². The third kappa shape index (κ3) is 13.4. The Balaban J connectivity index is 0.00000147. The van der Waals surface area contributed by atoms with Crippen LogP contribution in [0.1, 0.15) is 74.6 Å². The highest BCUT2D eigenvalue weighted by atomic mass is 32.3. The van der Waals surface area contributed by atoms with Gasteiger partial charge in [0.2, 0.25) is 0 Å². The smallest absolute Gasteiger partial charge is 0.416 e. The van der Waals surface area contributed by atoms with Gasteiger partial charge in [0, 0.05) is 31.8 Å². The molecule has 0 saturated carbocycles. The summed E-state index contributed by atoms with van der Waals surface area (Å²) < 4.78 is 81.5. The number of aromatic nitrogens is 1. The summed E-state index contributed by atoms with van der Waals surface area (Å²) in [5, 5.41) is 2.77. The normalized spacial score (nSPS) is 11.2. The first-order valence-electron chi connectivity index (χ1n) is 16.1. The van der Waals surface area contributed by atoms with Gasteiger partial charge in [-0.05, 0) is 99.8 Å². The van der Waals surface area contributed by atoms with Crippen molar-refractivity contribution in [1.82, 2.24) is 9.88 Å². The summed E-state index contributed by atoms with van der Waals surface area (Å²) in [6.45, 7) is 5.20. The van der Waals surface area contributed by atoms with Gasteiger partial charge in [0.1, 0.15) is 5.75 Å². The number of aryl methyl sites for hydroxylation is 2. The average molecular weight is 774 g/mol. The van der Waals surface area contributed by atoms with Crippen molar-refractivity contribution in [2.24, 2.45) is 0 Å². The van der Waals surface area contributed by atoms with E-state index in [9.17, 15) is 32.3 Å². The SMILES string of the molecule is Cc1ccc(C(=O)Nc2ccc(CCCC(=O)Oc3ccc(C(=O)OC(C)C)cc3)cc2C(=O)N(C)C)c(-c2ccc(C(F)(F)F)cc2)n1.O=S(=O)(O)O. The highest BCUT2D eigenvalue weighted by Gasteiger charge is 2.30. The van der Waals surface area contributed by atoms with Crippen molar-refractivity contribution in [3.63, 3.8) is 0 Å². The molecule has 0 aliphatic heterocycles. The van der Waals surface area contributed by atoms with E-state index in [0.29, 0.717) is 29.7 Å². The monoisotopic (exact) mass is 773 g/mol. The van der Waals surface area contributed by atoms with E-state index >= 15 is 0 Å². The van der Waals surface area contributed by atoms with Crippen molar-refractivity contribution < 1.29 is 59.3 Å². The van der Waals surface area contributed by atoms with Crippen LogP contribution in [0.4, 0.5) is 18.9 Å². The molecule has 0 spiro atoms. The molecular weight excluding hydrogens is 735 g/mol. The molecule has 0 saturated heterocycles. The molecule has 13 nitrogen and oxygen atoms in total. The molecule has 4 rings (SSSR count). The molecule has 0 unspecified atom stereocenters. The first kappa shape index (κ1) is 42.8. The van der Waals surface area contributed by atoms with Gasteiger partial charge in [-0.3, -0.25) is 28.5 Å². The van der Waals surface area contributed by atoms with Gasteiger partial charge in [0.25, 0.3) is 11.8 Å². The van der Waals surface area contributed by atoms with Crippen LogP contribution in [0.3, 0.4) is 0 Å². The molecule has 3 aromatic carbocycles. The van der Waals surface area contributed by atoms with Crippen LogP contribution in [0.15, 0.2) is 78.9 Å². The molecule has 2 amide bonds. The fourth-order valence-corrected chi connectivity index (χ4v) is 4.80. The number of nitrogens with one attached hydrogen (secondary N) is 1. The molecule has 0 aliphatic carbocycles. The number of esters is 2. The van der Waals surface area contributed by atoms with Crippen molar-refractivity contribution >= 4 is 39.8 Å². The van der Waals surface area contributed by atoms with Gasteiger partial charge in [-0.15, -0.1) is 0 Å². The minimum absolute atomic E-state index is 0.0831. The van der Waals surface area contributed by atoms with E-state index in [4.69, 9.17) is 27.0 Å². The fraction of sp³-hybridized carbons (Fsp3) is 0.270. The number of hydrogen-bond acceptors (Lipinski definition) is 9. The number of alkyl halides is 3. The van der Waals surface area contributed by atoms with Crippen LogP contribution in [0.5, 0.6) is 5.75 Å². The molecule has 0 aliphatic rings. The Morgan fingerprint density at radius 2 is 1.50 bits per heavy atom. The van der Waals surface area contributed by atoms with E-state index in [1.807, 2.05) is 0 Å². The molecule has 0 bridgehead atoms. The van der Waals surface area contributed by atoms with Gasteiger partial charge in [-0.2, -0.15) is 21.6 Å². The zero-order chi connectivity index (χ0) is 40.4. The van der Waals surface area contributed by atoms with Gasteiger partial charge in [0.15, 0.2) is 0 Å². The van der Waals surface area contributed by atoms with Crippen LogP contribution in [-0.4, -0.2) is 71.4 Å². The van der Waals surface area contributed by atoms with E-state index in [-0.39, 0.29) is 46.7 Å². The quantitative estimate of drug-likeness (QED) is 0.0819. The maximum Gasteiger partial charge on any atom is 0.416 e. The lowest BCUT2D eigenvalue weighted by Crippen LogP contribution is -2.24. The lowest BCUT2D eigenvalue weighted by Gasteiger charge is -2.17. The maximum atomic E-state index is 13.5. The van der Waals surface area contributed by atoms with Gasteiger partial charge < -0.3 is 19.7 Å². The molecule has 288 valence electrons. The summed E-state index contributed by atoms with van der Waals surface area (Å²) >= 11 is 0. The summed E-state index contributed by atoms with van der Waals surface area (Å²) in [6, 6.07) is 18.5. The predicted octanol–water partition coefficient (Wildman–Crippen LogP) is 6.87. The second kappa shape index (κ2) is 18.4. The third-order valence-electron chi connectivity index (χ3n) is 7.24. The van der Waals surface area contributed by atoms with Crippen LogP contribution < -0.4 is 10.1 Å². The van der Waals surface area contributed by atoms with Gasteiger partial charge in [-0.25, -0.2) is 4.79 Å². The van der Waals surface area contributed by atoms with Crippen molar-refractivity contribution in [3.8, 4) is 17.0 Å². The lowest BCUT2D eigenvalue weighted by molar-refractivity contribution is -0.137. The van der Waals surface area contributed by atoms with Gasteiger partial charge in [0.05, 0.1) is 39.7 Å². The van der Waals surface area contributed by atoms with Crippen LogP contribution in [-0.2, 0) is 32.5 Å². The molecule has 1 heterocycles. The zero-order valence-electron chi connectivity index (χ0n) is 29.8. The molecule has 0 atom stereocenters. The largest absolute Gasteiger partial charge is 0.459 e. The van der Waals surface area contributed by atoms with Crippen molar-refractivity contribution in [2.75, 3.05) is 19.4 Å². The summed E-state index contributed by atoms with van der Waals surface area (Å²) in [5.74, 6) is -1.63. The molecule has 0 radical (unpaired) electrons. The zero-order valence-corrected chi connectivity index (χ0v) is 30.6. The summed E-state index contributed by atoms with van der Waals surface area (Å²) in [7, 11) is -1.52. The predicted molar refractivity (Wildman–Crippen MR) is 192 cm³/mol. The molecule has 54 heavy (non-hydrogen) atoms. The number of pyridine rings is 1. The Kier molecular flexibility index (Phi) is 14.6. The topological polar surface area (TPSA) is 189 Å². The number of halogens is 3. The maximum absolute atomic E-state index is 13.5. The number of amides is 2. The molecule has 1 aromatic heterocycles. The highest BCUT2D eigenvalue weighted by Crippen LogP contribution is 2.32. The number of rotatable bonds is 11. The summed E-state index contributed by atoms with van der Waals surface area (Å²) in [4.78, 5) is 57.0. The van der Waals surface area contributed by atoms with Crippen molar-refractivity contribution in [1.29, 1.82) is 0 Å². The minimum Gasteiger partial charge on any atom is -0.459 e. The van der Waals surface area contributed by atoms with Crippen molar-refractivity contribution in [3.05, 3.63) is 112 Å². The van der Waals surface area contributed by atoms with Crippen LogP contribution in [0, 0.1) is 6.92 Å². The second-order valence-electron chi connectivity index (χ2n) is 12.2. The molecule has 4 aromatic rings. The van der Waals surface area contributed by atoms with E-state index in [1.165, 1.54) is 47.4 Å². The van der Waals surface area contributed by atoms with Gasteiger partial charge in [-0.1, -0.05) is 18.2 Å². The number of ether oxygens (including phenoxy) is 2. The Morgan fingerprint density at radius 3 is 2.06 bits per heavy atom. The first-order valence-corrected chi connectivity index (χ1v) is 17.5. The third-order valence-corrected chi connectivity index (χ3v) is 7.24. The fourth-order valence-electron chi connectivity index (χ4n) is 4.80. The minimum atomic E-state index is -4.67. The van der Waals surface area contributed by atoms with E-state index in [1.54, 1.807) is 59.1 Å². The Bertz CT molecular complexity index is 2080. The highest BCUT2D eigenvalue weighted by molar-refractivity contribution is 7.79. The first-order chi connectivity index (χ1) is 25.1. The number of carbonyl (C=O) groups excluding carboxylic acids is 4. The summed E-state index contributed by atoms with van der Waals surface area (Å²) in [6.07, 6.45) is -3.85. The number of nitrogens with zero attached hydrogens (tertiary/aromatic N) is 2. The van der Waals surface area contributed by atoms with E-state index < -0.39 is 40.0 Å². The number of carbonyl (C=O) groups is 4. The van der Waals surface area contributed by atoms with Crippen molar-refractivity contribution in [2.45, 2.75) is 52.3 Å². The van der Waals surface area contributed by atoms with Crippen LogP contribution >= 0.6 is 0 Å². The van der Waals surface area contributed by atoms with Crippen LogP contribution in [0.2, 0.25) is 0 Å². The molecule has 17 heteroatoms. The Hall–Kier alpha value is -5.65. The molecular formula is C37H38F3N3O10S. The van der Waals surface area contributed by atoms with Gasteiger partial charge >= 0.3 is 28.5 Å². The number of anilines is 1. The van der Waals surface area contributed by atoms with Crippen LogP contribution in [0.25, 0.3) is 11.3 Å².